The highest BCUT2D eigenvalue weighted by Crippen LogP contribution is 2.63. The molecule has 1 fully saturated rings. The minimum Gasteiger partial charge on any atom is -0.223 e. The largest absolute Gasteiger partial charge is 0.223 e. The molecule has 2 aromatic rings. The molecule has 2 atom stereocenters. The normalized spacial score (nSPS) is 21.5. The van der Waals surface area contributed by atoms with Crippen LogP contribution in [0.4, 0.5) is 0 Å². The number of hydrogen-bond donors (Lipinski definition) is 0. The Kier molecular flexibility index (Phi) is 3.99. The van der Waals surface area contributed by atoms with Crippen LogP contribution in [0.25, 0.3) is 0 Å². The Morgan fingerprint density at radius 2 is 1.54 bits per heavy atom. The average molecular weight is 401 g/mol. The molecule has 1 aliphatic rings. The molecule has 0 amide bonds. The highest BCUT2D eigenvalue weighted by molar-refractivity contribution is 9.10. The first kappa shape index (κ1) is 16.7. The number of aryl methyl sites for hydroxylation is 1. The van der Waals surface area contributed by atoms with Crippen LogP contribution in [0.1, 0.15) is 17.0 Å². The van der Waals surface area contributed by atoms with Gasteiger partial charge in [-0.25, -0.2) is 8.42 Å². The van der Waals surface area contributed by atoms with E-state index < -0.39 is 26.4 Å². The number of halogens is 1. The van der Waals surface area contributed by atoms with Gasteiger partial charge in [-0.2, -0.15) is 10.5 Å². The Morgan fingerprint density at radius 3 is 2.04 bits per heavy atom. The van der Waals surface area contributed by atoms with Crippen LogP contribution in [0.3, 0.4) is 0 Å². The Labute approximate surface area is 149 Å². The van der Waals surface area contributed by atoms with E-state index in [4.69, 9.17) is 0 Å². The highest BCUT2D eigenvalue weighted by Gasteiger charge is 2.73. The number of benzene rings is 2. The van der Waals surface area contributed by atoms with Gasteiger partial charge in [0, 0.05) is 10.4 Å². The zero-order valence-electron chi connectivity index (χ0n) is 12.8. The van der Waals surface area contributed by atoms with Crippen molar-refractivity contribution in [2.45, 2.75) is 23.0 Å². The molecule has 0 bridgehead atoms. The van der Waals surface area contributed by atoms with E-state index in [1.165, 1.54) is 12.1 Å². The predicted octanol–water partition coefficient (Wildman–Crippen LogP) is 3.73. The smallest absolute Gasteiger partial charge is 0.184 e. The van der Waals surface area contributed by atoms with Gasteiger partial charge in [-0.15, -0.1) is 0 Å². The van der Waals surface area contributed by atoms with E-state index in [9.17, 15) is 18.9 Å². The number of nitrogens with zero attached hydrogens (tertiary/aromatic N) is 2. The summed E-state index contributed by atoms with van der Waals surface area (Å²) in [6, 6.07) is 17.5. The third kappa shape index (κ3) is 2.43. The predicted molar refractivity (Wildman–Crippen MR) is 92.7 cm³/mol. The van der Waals surface area contributed by atoms with Crippen LogP contribution in [0, 0.1) is 35.0 Å². The van der Waals surface area contributed by atoms with Gasteiger partial charge in [0.1, 0.15) is 5.25 Å². The third-order valence-corrected chi connectivity index (χ3v) is 7.19. The number of rotatable bonds is 3. The first-order chi connectivity index (χ1) is 11.4. The van der Waals surface area contributed by atoms with Crippen LogP contribution in [0.5, 0.6) is 0 Å². The molecule has 4 nitrogen and oxygen atoms in total. The van der Waals surface area contributed by atoms with Crippen molar-refractivity contribution in [3.05, 3.63) is 64.1 Å². The van der Waals surface area contributed by atoms with Crippen molar-refractivity contribution in [3.8, 4) is 12.1 Å². The van der Waals surface area contributed by atoms with Crippen LogP contribution in [0.2, 0.25) is 0 Å². The van der Waals surface area contributed by atoms with Gasteiger partial charge in [0.15, 0.2) is 15.3 Å². The van der Waals surface area contributed by atoms with Crippen LogP contribution in [-0.4, -0.2) is 13.7 Å². The molecule has 1 saturated carbocycles. The van der Waals surface area contributed by atoms with Gasteiger partial charge in [0.25, 0.3) is 0 Å². The standard InChI is InChI=1S/C18H13BrN2O2S/c1-12-2-8-15(9-3-12)24(22,23)17-16(18(17,10-20)11-21)13-4-6-14(19)7-5-13/h2-9,16-17H,1H3/t16-,17+/m0/s1. The lowest BCUT2D eigenvalue weighted by atomic mass is 10.0. The van der Waals surface area contributed by atoms with Crippen molar-refractivity contribution in [2.75, 3.05) is 0 Å². The van der Waals surface area contributed by atoms with Crippen LogP contribution in [-0.2, 0) is 9.84 Å². The summed E-state index contributed by atoms with van der Waals surface area (Å²) in [5, 5.41) is 18.0. The molecule has 0 saturated heterocycles. The summed E-state index contributed by atoms with van der Waals surface area (Å²) in [6.07, 6.45) is 0. The van der Waals surface area contributed by atoms with E-state index in [-0.39, 0.29) is 4.90 Å². The second kappa shape index (κ2) is 5.73. The van der Waals surface area contributed by atoms with Gasteiger partial charge in [-0.1, -0.05) is 45.8 Å². The summed E-state index contributed by atoms with van der Waals surface area (Å²) >= 11 is 3.33. The second-order valence-corrected chi connectivity index (χ2v) is 8.89. The minimum absolute atomic E-state index is 0.146. The molecule has 24 heavy (non-hydrogen) atoms. The summed E-state index contributed by atoms with van der Waals surface area (Å²) in [6.45, 7) is 1.87. The molecular formula is C18H13BrN2O2S. The van der Waals surface area contributed by atoms with Gasteiger partial charge >= 0.3 is 0 Å². The first-order valence-electron chi connectivity index (χ1n) is 7.25. The van der Waals surface area contributed by atoms with Gasteiger partial charge in [0.05, 0.1) is 17.0 Å². The summed E-state index contributed by atoms with van der Waals surface area (Å²) in [7, 11) is -3.78. The average Bonchev–Trinajstić information content (AvgIpc) is 3.26. The SMILES string of the molecule is Cc1ccc(S(=O)(=O)[C@@H]2[C@H](c3ccc(Br)cc3)C2(C#N)C#N)cc1. The molecule has 0 aliphatic heterocycles. The maximum Gasteiger partial charge on any atom is 0.184 e. The van der Waals surface area contributed by atoms with E-state index in [1.807, 2.05) is 19.1 Å². The molecule has 0 heterocycles. The van der Waals surface area contributed by atoms with Crippen molar-refractivity contribution in [1.29, 1.82) is 10.5 Å². The lowest BCUT2D eigenvalue weighted by Crippen LogP contribution is -2.14. The van der Waals surface area contributed by atoms with Crippen LogP contribution < -0.4 is 0 Å². The second-order valence-electron chi connectivity index (χ2n) is 5.90. The Bertz CT molecular complexity index is 954. The molecule has 0 N–H and O–H groups in total. The molecular weight excluding hydrogens is 388 g/mol. The van der Waals surface area contributed by atoms with Gasteiger partial charge < -0.3 is 0 Å². The molecule has 0 radical (unpaired) electrons. The highest BCUT2D eigenvalue weighted by atomic mass is 79.9. The summed E-state index contributed by atoms with van der Waals surface area (Å²) in [5.41, 5.74) is 0.0837. The minimum atomic E-state index is -3.78. The summed E-state index contributed by atoms with van der Waals surface area (Å²) < 4.78 is 26.8. The van der Waals surface area contributed by atoms with E-state index in [1.54, 1.807) is 36.4 Å². The van der Waals surface area contributed by atoms with E-state index >= 15 is 0 Å². The van der Waals surface area contributed by atoms with E-state index in [0.29, 0.717) is 5.56 Å². The summed E-state index contributed by atoms with van der Waals surface area (Å²) in [4.78, 5) is 0.146. The third-order valence-electron chi connectivity index (χ3n) is 4.42. The van der Waals surface area contributed by atoms with Crippen molar-refractivity contribution in [2.24, 2.45) is 5.41 Å². The van der Waals surface area contributed by atoms with Crippen molar-refractivity contribution in [3.63, 3.8) is 0 Å². The number of hydrogen-bond acceptors (Lipinski definition) is 4. The van der Waals surface area contributed by atoms with Crippen LogP contribution in [0.15, 0.2) is 57.9 Å². The molecule has 3 rings (SSSR count). The molecule has 1 aliphatic carbocycles. The maximum atomic E-state index is 13.0. The molecule has 2 aromatic carbocycles. The number of nitriles is 2. The Balaban J connectivity index is 2.09. The maximum absolute atomic E-state index is 13.0. The zero-order chi connectivity index (χ0) is 17.5. The quantitative estimate of drug-likeness (QED) is 0.785. The monoisotopic (exact) mass is 400 g/mol. The van der Waals surface area contributed by atoms with E-state index in [2.05, 4.69) is 15.9 Å². The topological polar surface area (TPSA) is 81.7 Å². The first-order valence-corrected chi connectivity index (χ1v) is 9.59. The fraction of sp³-hybridized carbons (Fsp3) is 0.222. The van der Waals surface area contributed by atoms with Crippen LogP contribution >= 0.6 is 15.9 Å². The van der Waals surface area contributed by atoms with Crippen molar-refractivity contribution < 1.29 is 8.42 Å². The zero-order valence-corrected chi connectivity index (χ0v) is 15.2. The lowest BCUT2D eigenvalue weighted by Gasteiger charge is -2.04. The van der Waals surface area contributed by atoms with Gasteiger partial charge in [-0.05, 0) is 36.8 Å². The Morgan fingerprint density at radius 1 is 1.00 bits per heavy atom. The lowest BCUT2D eigenvalue weighted by molar-refractivity contribution is 0.591. The number of sulfone groups is 1. The molecule has 120 valence electrons. The molecule has 0 spiro atoms. The fourth-order valence-electron chi connectivity index (χ4n) is 3.05. The molecule has 0 unspecified atom stereocenters. The summed E-state index contributed by atoms with van der Waals surface area (Å²) in [5.74, 6) is -0.646. The van der Waals surface area contributed by atoms with Crippen molar-refractivity contribution in [1.82, 2.24) is 0 Å². The van der Waals surface area contributed by atoms with E-state index in [0.717, 1.165) is 10.0 Å². The molecule has 6 heteroatoms. The van der Waals surface area contributed by atoms with Gasteiger partial charge in [0.2, 0.25) is 0 Å². The molecule has 0 aromatic heterocycles. The van der Waals surface area contributed by atoms with Gasteiger partial charge in [-0.3, -0.25) is 0 Å². The Hall–Kier alpha value is -2.15. The fourth-order valence-corrected chi connectivity index (χ4v) is 5.52. The van der Waals surface area contributed by atoms with Crippen molar-refractivity contribution >= 4 is 25.8 Å².